The molecule has 0 spiro atoms. The lowest BCUT2D eigenvalue weighted by Crippen LogP contribution is -2.28. The maximum atomic E-state index is 12.4. The summed E-state index contributed by atoms with van der Waals surface area (Å²) >= 11 is 0. The van der Waals surface area contributed by atoms with Crippen LogP contribution in [0.25, 0.3) is 11.0 Å². The minimum absolute atomic E-state index is 0.255. The molecule has 1 N–H and O–H groups in total. The lowest BCUT2D eigenvalue weighted by molar-refractivity contribution is 0.0909. The van der Waals surface area contributed by atoms with Crippen LogP contribution in [0.4, 0.5) is 0 Å². The summed E-state index contributed by atoms with van der Waals surface area (Å²) in [6.45, 7) is 7.42. The SMILES string of the molecule is Cc1cc(C)cc(OCCCn2c([C@@H](C)NC(=O)c3ccco3)nc3ccccc32)c1. The van der Waals surface area contributed by atoms with Crippen molar-refractivity contribution in [1.29, 1.82) is 0 Å². The van der Waals surface area contributed by atoms with Crippen molar-refractivity contribution in [3.05, 3.63) is 83.6 Å². The van der Waals surface area contributed by atoms with Crippen molar-refractivity contribution in [3.63, 3.8) is 0 Å². The molecule has 4 aromatic rings. The number of aromatic nitrogens is 2. The number of hydrogen-bond acceptors (Lipinski definition) is 4. The Balaban J connectivity index is 1.47. The average molecular weight is 418 g/mol. The largest absolute Gasteiger partial charge is 0.494 e. The van der Waals surface area contributed by atoms with Gasteiger partial charge in [0.25, 0.3) is 5.91 Å². The fourth-order valence-electron chi connectivity index (χ4n) is 3.83. The van der Waals surface area contributed by atoms with E-state index in [1.54, 1.807) is 12.1 Å². The van der Waals surface area contributed by atoms with E-state index in [0.717, 1.165) is 35.6 Å². The van der Waals surface area contributed by atoms with Crippen molar-refractivity contribution < 1.29 is 13.9 Å². The van der Waals surface area contributed by atoms with Gasteiger partial charge in [0.1, 0.15) is 11.6 Å². The Kier molecular flexibility index (Phi) is 6.07. The van der Waals surface area contributed by atoms with Crippen molar-refractivity contribution in [2.24, 2.45) is 0 Å². The molecular formula is C25H27N3O3. The number of fused-ring (bicyclic) bond motifs is 1. The van der Waals surface area contributed by atoms with Crippen LogP contribution in [0.15, 0.2) is 65.3 Å². The van der Waals surface area contributed by atoms with Crippen molar-refractivity contribution in [2.75, 3.05) is 6.61 Å². The van der Waals surface area contributed by atoms with E-state index in [1.807, 2.05) is 25.1 Å². The molecule has 1 atom stereocenters. The van der Waals surface area contributed by atoms with E-state index in [4.69, 9.17) is 14.1 Å². The summed E-state index contributed by atoms with van der Waals surface area (Å²) < 4.78 is 13.3. The Labute approximate surface area is 181 Å². The molecular weight excluding hydrogens is 390 g/mol. The number of nitrogens with zero attached hydrogens (tertiary/aromatic N) is 2. The molecule has 0 aliphatic heterocycles. The van der Waals surface area contributed by atoms with E-state index >= 15 is 0 Å². The number of hydrogen-bond donors (Lipinski definition) is 1. The second kappa shape index (κ2) is 9.08. The van der Waals surface area contributed by atoms with Crippen LogP contribution >= 0.6 is 0 Å². The molecule has 160 valence electrons. The number of imidazole rings is 1. The average Bonchev–Trinajstić information content (AvgIpc) is 3.39. The summed E-state index contributed by atoms with van der Waals surface area (Å²) in [6.07, 6.45) is 2.31. The van der Waals surface area contributed by atoms with Crippen LogP contribution in [0.1, 0.15) is 46.9 Å². The highest BCUT2D eigenvalue weighted by molar-refractivity contribution is 5.91. The normalized spacial score (nSPS) is 12.1. The topological polar surface area (TPSA) is 69.3 Å². The molecule has 0 bridgehead atoms. The van der Waals surface area contributed by atoms with Gasteiger partial charge in [-0.2, -0.15) is 0 Å². The zero-order valence-electron chi connectivity index (χ0n) is 18.1. The first-order valence-electron chi connectivity index (χ1n) is 10.5. The van der Waals surface area contributed by atoms with E-state index < -0.39 is 0 Å². The van der Waals surface area contributed by atoms with Gasteiger partial charge >= 0.3 is 0 Å². The molecule has 6 nitrogen and oxygen atoms in total. The van der Waals surface area contributed by atoms with Crippen LogP contribution in [-0.2, 0) is 6.54 Å². The molecule has 31 heavy (non-hydrogen) atoms. The van der Waals surface area contributed by atoms with E-state index in [0.29, 0.717) is 6.61 Å². The second-order valence-electron chi connectivity index (χ2n) is 7.81. The molecule has 0 saturated carbocycles. The molecule has 4 rings (SSSR count). The second-order valence-corrected chi connectivity index (χ2v) is 7.81. The smallest absolute Gasteiger partial charge is 0.287 e. The van der Waals surface area contributed by atoms with Gasteiger partial charge in [-0.3, -0.25) is 4.79 Å². The van der Waals surface area contributed by atoms with E-state index in [-0.39, 0.29) is 17.7 Å². The molecule has 0 aliphatic rings. The zero-order chi connectivity index (χ0) is 21.8. The van der Waals surface area contributed by atoms with Gasteiger partial charge in [-0.05, 0) is 74.7 Å². The zero-order valence-corrected chi connectivity index (χ0v) is 18.1. The Morgan fingerprint density at radius 1 is 1.13 bits per heavy atom. The summed E-state index contributed by atoms with van der Waals surface area (Å²) in [5.74, 6) is 1.74. The summed E-state index contributed by atoms with van der Waals surface area (Å²) in [5, 5.41) is 2.98. The highest BCUT2D eigenvalue weighted by Crippen LogP contribution is 2.22. The standard InChI is InChI=1S/C25H27N3O3/c1-17-14-18(2)16-20(15-17)30-13-7-11-28-22-9-5-4-8-21(22)27-24(28)19(3)26-25(29)23-10-6-12-31-23/h4-6,8-10,12,14-16,19H,7,11,13H2,1-3H3,(H,26,29)/t19-/m1/s1. The monoisotopic (exact) mass is 417 g/mol. The summed E-state index contributed by atoms with van der Waals surface area (Å²) in [4.78, 5) is 17.2. The van der Waals surface area contributed by atoms with E-state index in [9.17, 15) is 4.79 Å². The fraction of sp³-hybridized carbons (Fsp3) is 0.280. The van der Waals surface area contributed by atoms with Crippen LogP contribution in [-0.4, -0.2) is 22.1 Å². The van der Waals surface area contributed by atoms with Crippen molar-refractivity contribution in [2.45, 2.75) is 39.8 Å². The Morgan fingerprint density at radius 2 is 1.90 bits per heavy atom. The predicted octanol–water partition coefficient (Wildman–Crippen LogP) is 5.21. The minimum atomic E-state index is -0.273. The predicted molar refractivity (Wildman–Crippen MR) is 120 cm³/mol. The van der Waals surface area contributed by atoms with Gasteiger partial charge in [0.05, 0.1) is 29.9 Å². The van der Waals surface area contributed by atoms with Gasteiger partial charge in [0.2, 0.25) is 0 Å². The molecule has 0 unspecified atom stereocenters. The summed E-state index contributed by atoms with van der Waals surface area (Å²) in [5.41, 5.74) is 4.34. The Bertz CT molecular complexity index is 1160. The lowest BCUT2D eigenvalue weighted by Gasteiger charge is -2.16. The highest BCUT2D eigenvalue weighted by Gasteiger charge is 2.20. The maximum Gasteiger partial charge on any atom is 0.287 e. The number of furan rings is 1. The van der Waals surface area contributed by atoms with Crippen LogP contribution < -0.4 is 10.1 Å². The molecule has 1 amide bonds. The number of para-hydroxylation sites is 2. The summed E-state index contributed by atoms with van der Waals surface area (Å²) in [7, 11) is 0. The van der Waals surface area contributed by atoms with Gasteiger partial charge in [-0.1, -0.05) is 18.2 Å². The first-order valence-corrected chi connectivity index (χ1v) is 10.5. The molecule has 6 heteroatoms. The Hall–Kier alpha value is -3.54. The molecule has 0 saturated heterocycles. The number of rotatable bonds is 8. The Morgan fingerprint density at radius 3 is 2.65 bits per heavy atom. The number of amides is 1. The first-order chi connectivity index (χ1) is 15.0. The number of nitrogens with one attached hydrogen (secondary N) is 1. The molecule has 0 radical (unpaired) electrons. The van der Waals surface area contributed by atoms with Gasteiger partial charge in [-0.25, -0.2) is 4.98 Å². The van der Waals surface area contributed by atoms with E-state index in [2.05, 4.69) is 48.0 Å². The number of carbonyl (C=O) groups excluding carboxylic acids is 1. The van der Waals surface area contributed by atoms with Crippen LogP contribution in [0.5, 0.6) is 5.75 Å². The highest BCUT2D eigenvalue weighted by atomic mass is 16.5. The van der Waals surface area contributed by atoms with Gasteiger partial charge in [-0.15, -0.1) is 0 Å². The third kappa shape index (κ3) is 4.79. The van der Waals surface area contributed by atoms with Gasteiger partial charge in [0, 0.05) is 6.54 Å². The number of aryl methyl sites for hydroxylation is 3. The first kappa shape index (κ1) is 20.7. The third-order valence-electron chi connectivity index (χ3n) is 5.15. The van der Waals surface area contributed by atoms with Crippen LogP contribution in [0.2, 0.25) is 0 Å². The van der Waals surface area contributed by atoms with Crippen molar-refractivity contribution in [1.82, 2.24) is 14.9 Å². The summed E-state index contributed by atoms with van der Waals surface area (Å²) in [6, 6.07) is 17.3. The molecule has 0 aliphatic carbocycles. The number of carbonyl (C=O) groups is 1. The molecule has 2 aromatic carbocycles. The number of ether oxygens (including phenoxy) is 1. The third-order valence-corrected chi connectivity index (χ3v) is 5.15. The molecule has 2 aromatic heterocycles. The van der Waals surface area contributed by atoms with Crippen molar-refractivity contribution >= 4 is 16.9 Å². The minimum Gasteiger partial charge on any atom is -0.494 e. The molecule has 0 fully saturated rings. The van der Waals surface area contributed by atoms with Crippen molar-refractivity contribution in [3.8, 4) is 5.75 Å². The number of benzene rings is 2. The van der Waals surface area contributed by atoms with Crippen LogP contribution in [0.3, 0.4) is 0 Å². The lowest BCUT2D eigenvalue weighted by atomic mass is 10.1. The maximum absolute atomic E-state index is 12.4. The molecule has 2 heterocycles. The van der Waals surface area contributed by atoms with Gasteiger partial charge in [0.15, 0.2) is 5.76 Å². The van der Waals surface area contributed by atoms with Crippen LogP contribution in [0, 0.1) is 13.8 Å². The van der Waals surface area contributed by atoms with E-state index in [1.165, 1.54) is 17.4 Å². The quantitative estimate of drug-likeness (QED) is 0.400. The fourth-order valence-corrected chi connectivity index (χ4v) is 3.83. The van der Waals surface area contributed by atoms with Gasteiger partial charge < -0.3 is 19.0 Å².